The average molecular weight is 700 g/mol. The first-order valence-electron chi connectivity index (χ1n) is 13.3. The van der Waals surface area contributed by atoms with Crippen LogP contribution in [-0.4, -0.2) is 30.1 Å². The highest BCUT2D eigenvalue weighted by Crippen LogP contribution is 2.34. The number of hydrogen-bond acceptors (Lipinski definition) is 8. The minimum atomic E-state index is -4.51. The van der Waals surface area contributed by atoms with E-state index in [9.17, 15) is 26.3 Å². The molecule has 238 valence electrons. The molecule has 0 aliphatic rings. The molecule has 0 aliphatic carbocycles. The van der Waals surface area contributed by atoms with E-state index in [0.29, 0.717) is 9.75 Å². The van der Waals surface area contributed by atoms with Crippen molar-refractivity contribution in [1.82, 2.24) is 9.97 Å². The van der Waals surface area contributed by atoms with Crippen molar-refractivity contribution in [2.45, 2.75) is 12.4 Å². The molecule has 0 unspecified atom stereocenters. The molecule has 2 aromatic carbocycles. The third-order valence-corrected chi connectivity index (χ3v) is 9.49. The Balaban J connectivity index is 1.23. The van der Waals surface area contributed by atoms with E-state index in [2.05, 4.69) is 9.97 Å². The van der Waals surface area contributed by atoms with Crippen LogP contribution in [-0.2, 0) is 12.4 Å². The molecule has 5 aromatic rings. The molecular weight excluding hydrogens is 679 g/mol. The van der Waals surface area contributed by atoms with Crippen molar-refractivity contribution in [1.29, 1.82) is 16.2 Å². The number of alkyl halides is 6. The smallest absolute Gasteiger partial charge is 0.292 e. The number of hydrogen-bond donors (Lipinski definition) is 4. The van der Waals surface area contributed by atoms with E-state index in [1.165, 1.54) is 36.4 Å². The summed E-state index contributed by atoms with van der Waals surface area (Å²) in [6, 6.07) is 22.1. The molecule has 0 amide bonds. The number of benzene rings is 2. The predicted molar refractivity (Wildman–Crippen MR) is 175 cm³/mol. The maximum Gasteiger partial charge on any atom is 0.416 e. The molecule has 0 aliphatic heterocycles. The minimum Gasteiger partial charge on any atom is -0.292 e. The first kappa shape index (κ1) is 33.8. The maximum absolute atomic E-state index is 13.2. The third-order valence-electron chi connectivity index (χ3n) is 6.42. The van der Waals surface area contributed by atoms with Gasteiger partial charge in [0.1, 0.15) is 20.8 Å². The molecule has 0 atom stereocenters. The second-order valence-corrected chi connectivity index (χ2v) is 12.8. The lowest BCUT2D eigenvalue weighted by atomic mass is 10.1. The summed E-state index contributed by atoms with van der Waals surface area (Å²) in [6.07, 6.45) is -9.02. The highest BCUT2D eigenvalue weighted by atomic mass is 32.2. The largest absolute Gasteiger partial charge is 0.416 e. The molecule has 47 heavy (non-hydrogen) atoms. The SMILES string of the molecule is N=C(SC(=N)c1ccc(C(=N)SC(=[NH2+])c2cccc(-c3cccc(C(F)(F)F)c3)n2)s1)c1cccc(-c2cccc(C(F)(F)F)c2)n1. The number of nitrogens with one attached hydrogen (secondary N) is 3. The van der Waals surface area contributed by atoms with Crippen molar-refractivity contribution in [3.05, 3.63) is 129 Å². The van der Waals surface area contributed by atoms with Gasteiger partial charge in [0, 0.05) is 22.9 Å². The highest BCUT2D eigenvalue weighted by molar-refractivity contribution is 8.27. The molecule has 0 spiro atoms. The van der Waals surface area contributed by atoms with Crippen molar-refractivity contribution in [3.63, 3.8) is 0 Å². The Labute approximate surface area is 276 Å². The summed E-state index contributed by atoms with van der Waals surface area (Å²) in [7, 11) is 0. The molecule has 6 nitrogen and oxygen atoms in total. The van der Waals surface area contributed by atoms with Crippen LogP contribution in [0.1, 0.15) is 32.3 Å². The van der Waals surface area contributed by atoms with Gasteiger partial charge in [-0.3, -0.25) is 16.2 Å². The summed E-state index contributed by atoms with van der Waals surface area (Å²) in [5.74, 6) is 0. The summed E-state index contributed by atoms with van der Waals surface area (Å²) in [6.45, 7) is 0. The van der Waals surface area contributed by atoms with Gasteiger partial charge < -0.3 is 0 Å². The van der Waals surface area contributed by atoms with Gasteiger partial charge in [0.25, 0.3) is 5.04 Å². The van der Waals surface area contributed by atoms with Crippen LogP contribution in [0.3, 0.4) is 0 Å². The molecule has 0 radical (unpaired) electrons. The van der Waals surface area contributed by atoms with Crippen LogP contribution >= 0.6 is 34.9 Å². The Morgan fingerprint density at radius 1 is 0.574 bits per heavy atom. The molecule has 0 saturated heterocycles. The standard InChI is InChI=1S/C32H20F6N6S3/c33-31(34,35)19-7-1-5-17(15-19)21-9-3-11-23(43-21)27(39)46-29(41)25-13-14-26(45-25)30(42)47-28(40)24-12-4-10-22(44-24)18-6-2-8-20(16-18)32(36,37)38/h1-16,39-42H/p+1. The van der Waals surface area contributed by atoms with Crippen molar-refractivity contribution in [2.75, 3.05) is 0 Å². The number of thioether (sulfide) groups is 2. The Kier molecular flexibility index (Phi) is 9.79. The average Bonchev–Trinajstić information content (AvgIpc) is 3.55. The number of rotatable bonds is 6. The van der Waals surface area contributed by atoms with Gasteiger partial charge in [0.05, 0.1) is 38.0 Å². The quantitative estimate of drug-likeness (QED) is 0.0810. The van der Waals surface area contributed by atoms with Gasteiger partial charge in [-0.2, -0.15) is 26.3 Å². The summed E-state index contributed by atoms with van der Waals surface area (Å²) < 4.78 is 79.0. The van der Waals surface area contributed by atoms with E-state index in [0.717, 1.165) is 59.1 Å². The second kappa shape index (κ2) is 13.6. The summed E-state index contributed by atoms with van der Waals surface area (Å²) >= 11 is 2.82. The molecule has 3 aromatic heterocycles. The topological polar surface area (TPSA) is 123 Å². The van der Waals surface area contributed by atoms with Gasteiger partial charge in [0.2, 0.25) is 0 Å². The van der Waals surface area contributed by atoms with E-state index in [1.54, 1.807) is 36.4 Å². The zero-order chi connectivity index (χ0) is 33.9. The Morgan fingerprint density at radius 2 is 1.02 bits per heavy atom. The van der Waals surface area contributed by atoms with Crippen molar-refractivity contribution >= 4 is 55.0 Å². The number of nitrogens with two attached hydrogens (primary N) is 1. The van der Waals surface area contributed by atoms with Gasteiger partial charge in [-0.05, 0) is 72.4 Å². The maximum atomic E-state index is 13.2. The highest BCUT2D eigenvalue weighted by Gasteiger charge is 2.31. The van der Waals surface area contributed by atoms with Gasteiger partial charge in [-0.1, -0.05) is 36.4 Å². The second-order valence-electron chi connectivity index (χ2n) is 9.69. The zero-order valence-corrected chi connectivity index (χ0v) is 26.2. The fraction of sp³-hybridized carbons (Fsp3) is 0.0625. The van der Waals surface area contributed by atoms with Crippen molar-refractivity contribution in [3.8, 4) is 22.5 Å². The molecule has 0 saturated carbocycles. The van der Waals surface area contributed by atoms with Crippen LogP contribution < -0.4 is 5.41 Å². The lowest BCUT2D eigenvalue weighted by molar-refractivity contribution is -0.138. The normalized spacial score (nSPS) is 11.7. The third kappa shape index (κ3) is 8.22. The Bertz CT molecular complexity index is 1880. The van der Waals surface area contributed by atoms with E-state index in [-0.39, 0.29) is 54.1 Å². The Morgan fingerprint density at radius 3 is 1.53 bits per heavy atom. The number of halogens is 6. The van der Waals surface area contributed by atoms with Crippen LogP contribution in [0.5, 0.6) is 0 Å². The molecule has 0 bridgehead atoms. The number of nitrogens with zero attached hydrogens (tertiary/aromatic N) is 2. The van der Waals surface area contributed by atoms with Gasteiger partial charge in [-0.25, -0.2) is 15.4 Å². The fourth-order valence-electron chi connectivity index (χ4n) is 4.16. The van der Waals surface area contributed by atoms with Crippen LogP contribution in [0.2, 0.25) is 0 Å². The lowest BCUT2D eigenvalue weighted by Gasteiger charge is -2.09. The van der Waals surface area contributed by atoms with Gasteiger partial charge in [-0.15, -0.1) is 11.3 Å². The molecule has 5 rings (SSSR count). The molecule has 5 N–H and O–H groups in total. The first-order chi connectivity index (χ1) is 22.2. The number of aromatic nitrogens is 2. The van der Waals surface area contributed by atoms with E-state index < -0.39 is 23.5 Å². The van der Waals surface area contributed by atoms with E-state index in [1.807, 2.05) is 0 Å². The summed E-state index contributed by atoms with van der Waals surface area (Å²) in [5.41, 5.74) is -0.130. The van der Waals surface area contributed by atoms with Crippen LogP contribution in [0.4, 0.5) is 26.3 Å². The lowest BCUT2D eigenvalue weighted by Crippen LogP contribution is -2.39. The molecule has 15 heteroatoms. The van der Waals surface area contributed by atoms with Crippen LogP contribution in [0.25, 0.3) is 22.5 Å². The first-order valence-corrected chi connectivity index (χ1v) is 15.8. The molecular formula is C32H21F6N6S3+. The van der Waals surface area contributed by atoms with Gasteiger partial charge >= 0.3 is 12.4 Å². The Hall–Kier alpha value is -4.60. The summed E-state index contributed by atoms with van der Waals surface area (Å²) in [5, 5.41) is 31.8. The number of pyridine rings is 2. The van der Waals surface area contributed by atoms with Crippen LogP contribution in [0.15, 0.2) is 97.1 Å². The van der Waals surface area contributed by atoms with Gasteiger partial charge in [0.15, 0.2) is 0 Å². The monoisotopic (exact) mass is 699 g/mol. The summed E-state index contributed by atoms with van der Waals surface area (Å²) in [4.78, 5) is 9.65. The minimum absolute atomic E-state index is 0.00253. The van der Waals surface area contributed by atoms with E-state index >= 15 is 0 Å². The van der Waals surface area contributed by atoms with Crippen LogP contribution in [0, 0.1) is 16.2 Å². The predicted octanol–water partition coefficient (Wildman–Crippen LogP) is 8.26. The van der Waals surface area contributed by atoms with E-state index in [4.69, 9.17) is 21.6 Å². The van der Waals surface area contributed by atoms with Crippen molar-refractivity contribution in [2.24, 2.45) is 0 Å². The van der Waals surface area contributed by atoms with Crippen molar-refractivity contribution < 1.29 is 31.8 Å². The molecule has 3 heterocycles. The fourth-order valence-corrected chi connectivity index (χ4v) is 6.56. The molecule has 0 fully saturated rings. The number of thiophene rings is 1. The zero-order valence-electron chi connectivity index (χ0n) is 23.7.